The predicted octanol–water partition coefficient (Wildman–Crippen LogP) is 4.54. The normalized spacial score (nSPS) is 10.2. The van der Waals surface area contributed by atoms with Gasteiger partial charge < -0.3 is 16.4 Å². The van der Waals surface area contributed by atoms with E-state index in [9.17, 15) is 9.59 Å². The van der Waals surface area contributed by atoms with E-state index in [1.54, 1.807) is 30.3 Å². The lowest BCUT2D eigenvalue weighted by Gasteiger charge is -2.12. The van der Waals surface area contributed by atoms with E-state index < -0.39 is 0 Å². The molecule has 6 heteroatoms. The highest BCUT2D eigenvalue weighted by Gasteiger charge is 2.12. The summed E-state index contributed by atoms with van der Waals surface area (Å²) in [6.07, 6.45) is 0.469. The van der Waals surface area contributed by atoms with Gasteiger partial charge in [-0.25, -0.2) is 0 Å². The van der Waals surface area contributed by atoms with Gasteiger partial charge in [-0.3, -0.25) is 9.59 Å². The second-order valence-corrected chi connectivity index (χ2v) is 6.70. The SMILES string of the molecule is Cc1cc(C(=O)Nc2cc(N)ccc2C)ccc1NC(=O)CC(C)C.Cl. The minimum atomic E-state index is -0.211. The molecule has 0 unspecified atom stereocenters. The molecule has 5 nitrogen and oxygen atoms in total. The molecule has 140 valence electrons. The fraction of sp³-hybridized carbons (Fsp3) is 0.300. The second-order valence-electron chi connectivity index (χ2n) is 6.70. The van der Waals surface area contributed by atoms with Crippen molar-refractivity contribution in [3.63, 3.8) is 0 Å². The molecule has 2 aromatic rings. The van der Waals surface area contributed by atoms with Crippen LogP contribution in [-0.2, 0) is 4.79 Å². The minimum Gasteiger partial charge on any atom is -0.399 e. The third-order valence-electron chi connectivity index (χ3n) is 3.87. The Morgan fingerprint density at radius 2 is 1.65 bits per heavy atom. The molecule has 0 saturated heterocycles. The number of rotatable bonds is 5. The van der Waals surface area contributed by atoms with E-state index in [1.165, 1.54) is 0 Å². The smallest absolute Gasteiger partial charge is 0.255 e. The zero-order chi connectivity index (χ0) is 18.6. The molecule has 2 aromatic carbocycles. The molecule has 0 atom stereocenters. The quantitative estimate of drug-likeness (QED) is 0.670. The van der Waals surface area contributed by atoms with Crippen molar-refractivity contribution in [3.05, 3.63) is 53.1 Å². The van der Waals surface area contributed by atoms with Crippen LogP contribution in [0, 0.1) is 19.8 Å². The third-order valence-corrected chi connectivity index (χ3v) is 3.87. The number of nitrogen functional groups attached to an aromatic ring is 1. The van der Waals surface area contributed by atoms with Gasteiger partial charge in [0.25, 0.3) is 5.91 Å². The Hall–Kier alpha value is -2.53. The summed E-state index contributed by atoms with van der Waals surface area (Å²) >= 11 is 0. The predicted molar refractivity (Wildman–Crippen MR) is 110 cm³/mol. The first kappa shape index (κ1) is 21.5. The molecule has 0 aliphatic carbocycles. The van der Waals surface area contributed by atoms with Crippen molar-refractivity contribution in [2.24, 2.45) is 5.92 Å². The number of carbonyl (C=O) groups is 2. The van der Waals surface area contributed by atoms with Crippen LogP contribution in [-0.4, -0.2) is 11.8 Å². The van der Waals surface area contributed by atoms with Crippen LogP contribution in [0.1, 0.15) is 41.8 Å². The Kier molecular flexibility index (Phi) is 7.65. The van der Waals surface area contributed by atoms with Gasteiger partial charge >= 0.3 is 0 Å². The minimum absolute atomic E-state index is 0. The van der Waals surface area contributed by atoms with E-state index >= 15 is 0 Å². The first-order chi connectivity index (χ1) is 11.8. The molecule has 0 spiro atoms. The Balaban J connectivity index is 0.00000338. The molecule has 0 fully saturated rings. The standard InChI is InChI=1S/C20H25N3O2.ClH/c1-12(2)9-19(24)22-17-8-6-15(10-14(17)4)20(25)23-18-11-16(21)7-5-13(18)3;/h5-8,10-12H,9,21H2,1-4H3,(H,22,24)(H,23,25);1H. The molecule has 2 rings (SSSR count). The molecule has 4 N–H and O–H groups in total. The number of aryl methyl sites for hydroxylation is 2. The van der Waals surface area contributed by atoms with Crippen molar-refractivity contribution in [1.29, 1.82) is 0 Å². The van der Waals surface area contributed by atoms with Gasteiger partial charge in [-0.2, -0.15) is 0 Å². The van der Waals surface area contributed by atoms with Gasteiger partial charge in [0, 0.05) is 29.0 Å². The molecule has 0 radical (unpaired) electrons. The molecule has 0 aromatic heterocycles. The molecule has 0 bridgehead atoms. The van der Waals surface area contributed by atoms with Crippen LogP contribution in [0.2, 0.25) is 0 Å². The van der Waals surface area contributed by atoms with E-state index in [0.29, 0.717) is 29.3 Å². The van der Waals surface area contributed by atoms with E-state index in [2.05, 4.69) is 10.6 Å². The van der Waals surface area contributed by atoms with Crippen LogP contribution in [0.5, 0.6) is 0 Å². The van der Waals surface area contributed by atoms with Crippen LogP contribution in [0.15, 0.2) is 36.4 Å². The first-order valence-corrected chi connectivity index (χ1v) is 8.34. The number of carbonyl (C=O) groups excluding carboxylic acids is 2. The number of nitrogens with one attached hydrogen (secondary N) is 2. The molecule has 0 aliphatic heterocycles. The number of anilines is 3. The van der Waals surface area contributed by atoms with E-state index in [-0.39, 0.29) is 24.2 Å². The largest absolute Gasteiger partial charge is 0.399 e. The Labute approximate surface area is 160 Å². The third kappa shape index (κ3) is 5.77. The summed E-state index contributed by atoms with van der Waals surface area (Å²) in [4.78, 5) is 24.4. The fourth-order valence-corrected chi connectivity index (χ4v) is 2.49. The Morgan fingerprint density at radius 3 is 2.27 bits per heavy atom. The number of halogens is 1. The Morgan fingerprint density at radius 1 is 0.962 bits per heavy atom. The van der Waals surface area contributed by atoms with Gasteiger partial charge in [-0.05, 0) is 61.2 Å². The van der Waals surface area contributed by atoms with Crippen molar-refractivity contribution >= 4 is 41.3 Å². The maximum absolute atomic E-state index is 12.5. The van der Waals surface area contributed by atoms with E-state index in [1.807, 2.05) is 33.8 Å². The fourth-order valence-electron chi connectivity index (χ4n) is 2.49. The number of nitrogens with two attached hydrogens (primary N) is 1. The van der Waals surface area contributed by atoms with Crippen molar-refractivity contribution in [3.8, 4) is 0 Å². The molecule has 0 heterocycles. The van der Waals surface area contributed by atoms with E-state index in [4.69, 9.17) is 5.73 Å². The molecule has 0 aliphatic rings. The average molecular weight is 376 g/mol. The van der Waals surface area contributed by atoms with Gasteiger partial charge in [0.1, 0.15) is 0 Å². The molecule has 2 amide bonds. The van der Waals surface area contributed by atoms with Crippen molar-refractivity contribution in [2.45, 2.75) is 34.1 Å². The van der Waals surface area contributed by atoms with Crippen molar-refractivity contribution in [2.75, 3.05) is 16.4 Å². The van der Waals surface area contributed by atoms with Crippen LogP contribution in [0.25, 0.3) is 0 Å². The van der Waals surface area contributed by atoms with Crippen LogP contribution < -0.4 is 16.4 Å². The molecule has 26 heavy (non-hydrogen) atoms. The van der Waals surface area contributed by atoms with Crippen molar-refractivity contribution < 1.29 is 9.59 Å². The van der Waals surface area contributed by atoms with Crippen LogP contribution in [0.3, 0.4) is 0 Å². The number of hydrogen-bond donors (Lipinski definition) is 3. The van der Waals surface area contributed by atoms with E-state index in [0.717, 1.165) is 16.8 Å². The molecular formula is C20H26ClN3O2. The zero-order valence-corrected chi connectivity index (χ0v) is 16.4. The summed E-state index contributed by atoms with van der Waals surface area (Å²) in [5.74, 6) is 0.0643. The number of amides is 2. The summed E-state index contributed by atoms with van der Waals surface area (Å²) in [6, 6.07) is 10.6. The Bertz CT molecular complexity index is 804. The lowest BCUT2D eigenvalue weighted by molar-refractivity contribution is -0.116. The van der Waals surface area contributed by atoms with Gasteiger partial charge in [0.2, 0.25) is 5.91 Å². The van der Waals surface area contributed by atoms with Crippen molar-refractivity contribution in [1.82, 2.24) is 0 Å². The maximum atomic E-state index is 12.5. The van der Waals surface area contributed by atoms with Gasteiger partial charge in [-0.1, -0.05) is 19.9 Å². The average Bonchev–Trinajstić information content (AvgIpc) is 2.52. The number of benzene rings is 2. The zero-order valence-electron chi connectivity index (χ0n) is 15.6. The van der Waals surface area contributed by atoms with Gasteiger partial charge in [0.15, 0.2) is 0 Å². The highest BCUT2D eigenvalue weighted by atomic mass is 35.5. The summed E-state index contributed by atoms with van der Waals surface area (Å²) in [5, 5.41) is 5.76. The van der Waals surface area contributed by atoms with Crippen LogP contribution >= 0.6 is 12.4 Å². The summed E-state index contributed by atoms with van der Waals surface area (Å²) in [7, 11) is 0. The summed E-state index contributed by atoms with van der Waals surface area (Å²) in [5.41, 5.74) is 10.1. The highest BCUT2D eigenvalue weighted by molar-refractivity contribution is 6.05. The summed E-state index contributed by atoms with van der Waals surface area (Å²) < 4.78 is 0. The summed E-state index contributed by atoms with van der Waals surface area (Å²) in [6.45, 7) is 7.78. The van der Waals surface area contributed by atoms with Crippen LogP contribution in [0.4, 0.5) is 17.1 Å². The monoisotopic (exact) mass is 375 g/mol. The maximum Gasteiger partial charge on any atom is 0.255 e. The van der Waals surface area contributed by atoms with Gasteiger partial charge in [0.05, 0.1) is 0 Å². The van der Waals surface area contributed by atoms with Gasteiger partial charge in [-0.15, -0.1) is 12.4 Å². The highest BCUT2D eigenvalue weighted by Crippen LogP contribution is 2.21. The molecular weight excluding hydrogens is 350 g/mol. The number of hydrogen-bond acceptors (Lipinski definition) is 3. The molecule has 0 saturated carbocycles. The first-order valence-electron chi connectivity index (χ1n) is 8.34. The lowest BCUT2D eigenvalue weighted by atomic mass is 10.1. The lowest BCUT2D eigenvalue weighted by Crippen LogP contribution is -2.16. The second kappa shape index (κ2) is 9.25. The topological polar surface area (TPSA) is 84.2 Å².